The second kappa shape index (κ2) is 7.16. The summed E-state index contributed by atoms with van der Waals surface area (Å²) in [5.74, 6) is -0.830. The Hall–Kier alpha value is -0.520. The monoisotopic (exact) mass is 287 g/mol. The zero-order valence-electron chi connectivity index (χ0n) is 11.2. The molecule has 0 amide bonds. The van der Waals surface area contributed by atoms with Gasteiger partial charge in [-0.25, -0.2) is 4.79 Å². The molecule has 5 heteroatoms. The zero-order chi connectivity index (χ0) is 13.6. The van der Waals surface area contributed by atoms with Gasteiger partial charge in [-0.05, 0) is 36.1 Å². The summed E-state index contributed by atoms with van der Waals surface area (Å²) in [5.41, 5.74) is 0.884. The van der Waals surface area contributed by atoms with Crippen LogP contribution in [0.2, 0.25) is 0 Å². The Kier molecular flexibility index (Phi) is 6.18. The van der Waals surface area contributed by atoms with Crippen molar-refractivity contribution >= 4 is 29.1 Å². The van der Waals surface area contributed by atoms with Gasteiger partial charge in [0.05, 0.1) is 0 Å². The number of nitrogens with one attached hydrogen (secondary N) is 1. The number of thioether (sulfide) groups is 1. The molecule has 0 aliphatic rings. The average molecular weight is 287 g/mol. The van der Waals surface area contributed by atoms with Gasteiger partial charge in [0.15, 0.2) is 0 Å². The Labute approximate surface area is 117 Å². The molecule has 0 aliphatic heterocycles. The SMILES string of the molecule is CCC(CC)(CNCc1ccsc1C(=O)O)SC. The number of carbonyl (C=O) groups is 1. The summed E-state index contributed by atoms with van der Waals surface area (Å²) in [4.78, 5) is 11.4. The summed E-state index contributed by atoms with van der Waals surface area (Å²) in [5, 5.41) is 14.3. The van der Waals surface area contributed by atoms with E-state index in [1.165, 1.54) is 11.3 Å². The molecule has 1 heterocycles. The van der Waals surface area contributed by atoms with E-state index in [2.05, 4.69) is 25.4 Å². The summed E-state index contributed by atoms with van der Waals surface area (Å²) in [6.07, 6.45) is 4.38. The standard InChI is InChI=1S/C13H21NO2S2/c1-4-13(5-2,17-3)9-14-8-10-6-7-18-11(10)12(15)16/h6-7,14H,4-5,8-9H2,1-3H3,(H,15,16). The molecule has 1 aromatic rings. The van der Waals surface area contributed by atoms with Crippen molar-refractivity contribution in [2.24, 2.45) is 0 Å². The van der Waals surface area contributed by atoms with E-state index in [4.69, 9.17) is 5.11 Å². The molecule has 18 heavy (non-hydrogen) atoms. The van der Waals surface area contributed by atoms with E-state index in [0.717, 1.165) is 24.9 Å². The number of thiophene rings is 1. The topological polar surface area (TPSA) is 49.3 Å². The number of hydrogen-bond acceptors (Lipinski definition) is 4. The highest BCUT2D eigenvalue weighted by molar-refractivity contribution is 8.00. The first-order valence-corrected chi connectivity index (χ1v) is 8.24. The van der Waals surface area contributed by atoms with Crippen LogP contribution in [0.5, 0.6) is 0 Å². The second-order valence-corrected chi connectivity index (χ2v) is 6.47. The van der Waals surface area contributed by atoms with Crippen LogP contribution in [-0.2, 0) is 6.54 Å². The van der Waals surface area contributed by atoms with Crippen LogP contribution in [0.1, 0.15) is 41.9 Å². The van der Waals surface area contributed by atoms with Crippen LogP contribution in [0.4, 0.5) is 0 Å². The van der Waals surface area contributed by atoms with Crippen molar-refractivity contribution in [3.05, 3.63) is 21.9 Å². The molecule has 0 bridgehead atoms. The van der Waals surface area contributed by atoms with E-state index in [0.29, 0.717) is 11.4 Å². The van der Waals surface area contributed by atoms with E-state index in [9.17, 15) is 4.79 Å². The van der Waals surface area contributed by atoms with Crippen LogP contribution in [0.15, 0.2) is 11.4 Å². The van der Waals surface area contributed by atoms with Gasteiger partial charge in [-0.2, -0.15) is 11.8 Å². The van der Waals surface area contributed by atoms with Crippen molar-refractivity contribution in [2.75, 3.05) is 12.8 Å². The number of rotatable bonds is 8. The second-order valence-electron chi connectivity index (χ2n) is 4.28. The first-order chi connectivity index (χ1) is 8.58. The molecule has 3 nitrogen and oxygen atoms in total. The molecule has 1 aromatic heterocycles. The molecule has 2 N–H and O–H groups in total. The van der Waals surface area contributed by atoms with Crippen molar-refractivity contribution in [1.82, 2.24) is 5.32 Å². The maximum atomic E-state index is 11.0. The van der Waals surface area contributed by atoms with Gasteiger partial charge >= 0.3 is 5.97 Å². The molecule has 1 rings (SSSR count). The van der Waals surface area contributed by atoms with E-state index in [1.54, 1.807) is 0 Å². The first kappa shape index (κ1) is 15.5. The third kappa shape index (κ3) is 3.73. The van der Waals surface area contributed by atoms with Gasteiger partial charge in [0.1, 0.15) is 4.88 Å². The number of hydrogen-bond donors (Lipinski definition) is 2. The normalized spacial score (nSPS) is 11.7. The molecule has 102 valence electrons. The fraction of sp³-hybridized carbons (Fsp3) is 0.615. The molecule has 0 aliphatic carbocycles. The Morgan fingerprint density at radius 1 is 1.50 bits per heavy atom. The van der Waals surface area contributed by atoms with Gasteiger partial charge < -0.3 is 10.4 Å². The lowest BCUT2D eigenvalue weighted by molar-refractivity contribution is 0.0701. The predicted octanol–water partition coefficient (Wildman–Crippen LogP) is 3.46. The van der Waals surface area contributed by atoms with Crippen molar-refractivity contribution in [3.8, 4) is 0 Å². The van der Waals surface area contributed by atoms with Gasteiger partial charge in [-0.1, -0.05) is 13.8 Å². The average Bonchev–Trinajstić information content (AvgIpc) is 2.84. The van der Waals surface area contributed by atoms with E-state index < -0.39 is 5.97 Å². The minimum absolute atomic E-state index is 0.263. The first-order valence-electron chi connectivity index (χ1n) is 6.14. The van der Waals surface area contributed by atoms with Crippen molar-refractivity contribution in [3.63, 3.8) is 0 Å². The third-order valence-corrected chi connectivity index (χ3v) is 5.96. The molecule has 0 aromatic carbocycles. The Morgan fingerprint density at radius 3 is 2.67 bits per heavy atom. The third-order valence-electron chi connectivity index (χ3n) is 3.43. The number of aromatic carboxylic acids is 1. The lowest BCUT2D eigenvalue weighted by Gasteiger charge is -2.30. The molecule has 0 unspecified atom stereocenters. The molecule has 0 saturated heterocycles. The van der Waals surface area contributed by atoms with Gasteiger partial charge in [-0.3, -0.25) is 0 Å². The summed E-state index contributed by atoms with van der Waals surface area (Å²) in [7, 11) is 0. The van der Waals surface area contributed by atoms with Gasteiger partial charge in [0.2, 0.25) is 0 Å². The fourth-order valence-electron chi connectivity index (χ4n) is 1.95. The lowest BCUT2D eigenvalue weighted by Crippen LogP contribution is -2.36. The van der Waals surface area contributed by atoms with Crippen molar-refractivity contribution < 1.29 is 9.90 Å². The molecule has 0 radical (unpaired) electrons. The molecule has 0 atom stereocenters. The summed E-state index contributed by atoms with van der Waals surface area (Å²) in [6, 6.07) is 1.89. The van der Waals surface area contributed by atoms with Crippen LogP contribution in [0.25, 0.3) is 0 Å². The van der Waals surface area contributed by atoms with Crippen LogP contribution >= 0.6 is 23.1 Å². The summed E-state index contributed by atoms with van der Waals surface area (Å²) in [6.45, 7) is 5.95. The maximum Gasteiger partial charge on any atom is 0.346 e. The van der Waals surface area contributed by atoms with E-state index in [-0.39, 0.29) is 4.75 Å². The van der Waals surface area contributed by atoms with Crippen LogP contribution in [-0.4, -0.2) is 28.6 Å². The Balaban J connectivity index is 2.55. The summed E-state index contributed by atoms with van der Waals surface area (Å²) < 4.78 is 0.263. The Morgan fingerprint density at radius 2 is 2.17 bits per heavy atom. The number of carboxylic acids is 1. The highest BCUT2D eigenvalue weighted by atomic mass is 32.2. The van der Waals surface area contributed by atoms with Crippen LogP contribution < -0.4 is 5.32 Å². The molecular weight excluding hydrogens is 266 g/mol. The molecular formula is C13H21NO2S2. The minimum atomic E-state index is -0.830. The van der Waals surface area contributed by atoms with Crippen molar-refractivity contribution in [2.45, 2.75) is 38.0 Å². The highest BCUT2D eigenvalue weighted by Crippen LogP contribution is 2.29. The minimum Gasteiger partial charge on any atom is -0.477 e. The maximum absolute atomic E-state index is 11.0. The molecule has 0 saturated carbocycles. The predicted molar refractivity (Wildman–Crippen MR) is 79.8 cm³/mol. The van der Waals surface area contributed by atoms with Gasteiger partial charge in [-0.15, -0.1) is 11.3 Å². The zero-order valence-corrected chi connectivity index (χ0v) is 12.8. The summed E-state index contributed by atoms with van der Waals surface area (Å²) >= 11 is 3.18. The van der Waals surface area contributed by atoms with Gasteiger partial charge in [0.25, 0.3) is 0 Å². The lowest BCUT2D eigenvalue weighted by atomic mass is 10.0. The quantitative estimate of drug-likeness (QED) is 0.769. The van der Waals surface area contributed by atoms with Crippen LogP contribution in [0.3, 0.4) is 0 Å². The molecule has 0 fully saturated rings. The van der Waals surface area contributed by atoms with Crippen LogP contribution in [0, 0.1) is 0 Å². The molecule has 0 spiro atoms. The number of carboxylic acid groups (broad SMARTS) is 1. The smallest absolute Gasteiger partial charge is 0.346 e. The fourth-order valence-corrected chi connectivity index (χ4v) is 3.53. The van der Waals surface area contributed by atoms with Gasteiger partial charge in [0, 0.05) is 17.8 Å². The van der Waals surface area contributed by atoms with E-state index >= 15 is 0 Å². The van der Waals surface area contributed by atoms with Crippen molar-refractivity contribution in [1.29, 1.82) is 0 Å². The van der Waals surface area contributed by atoms with E-state index in [1.807, 2.05) is 23.2 Å². The largest absolute Gasteiger partial charge is 0.477 e. The highest BCUT2D eigenvalue weighted by Gasteiger charge is 2.24. The Bertz CT molecular complexity index is 378.